The highest BCUT2D eigenvalue weighted by atomic mass is 19.1. The number of amides is 2. The molecule has 0 aliphatic heterocycles. The summed E-state index contributed by atoms with van der Waals surface area (Å²) in [7, 11) is 1.61. The van der Waals surface area contributed by atoms with Crippen LogP contribution in [0.25, 0.3) is 0 Å². The van der Waals surface area contributed by atoms with Crippen molar-refractivity contribution in [3.05, 3.63) is 59.9 Å². The molecule has 4 aliphatic carbocycles. The van der Waals surface area contributed by atoms with Gasteiger partial charge in [-0.05, 0) is 92.3 Å². The predicted octanol–water partition coefficient (Wildman–Crippen LogP) is 4.73. The SMILES string of the molecule is COc1ccc(OC(CCNC(=O)NC23CC4CC(CC(O)(C4)C2)C3)c2ccc(F)cc2)cc1. The number of ether oxygens (including phenoxy) is 2. The van der Waals surface area contributed by atoms with Crippen molar-refractivity contribution in [3.63, 3.8) is 0 Å². The number of carbonyl (C=O) groups is 1. The minimum absolute atomic E-state index is 0.201. The number of hydrogen-bond acceptors (Lipinski definition) is 4. The van der Waals surface area contributed by atoms with Crippen LogP contribution in [0.4, 0.5) is 9.18 Å². The Labute approximate surface area is 199 Å². The van der Waals surface area contributed by atoms with Gasteiger partial charge in [0, 0.05) is 18.5 Å². The van der Waals surface area contributed by atoms with E-state index in [4.69, 9.17) is 9.47 Å². The third-order valence-electron chi connectivity index (χ3n) is 7.68. The van der Waals surface area contributed by atoms with Gasteiger partial charge in [0.2, 0.25) is 0 Å². The van der Waals surface area contributed by atoms with Gasteiger partial charge in [0.05, 0.1) is 12.7 Å². The molecule has 0 saturated heterocycles. The van der Waals surface area contributed by atoms with E-state index < -0.39 is 5.60 Å². The van der Waals surface area contributed by atoms with E-state index in [0.29, 0.717) is 37.0 Å². The third kappa shape index (κ3) is 4.99. The van der Waals surface area contributed by atoms with Gasteiger partial charge in [0.15, 0.2) is 0 Å². The molecule has 6 rings (SSSR count). The molecule has 7 heteroatoms. The van der Waals surface area contributed by atoms with Gasteiger partial charge >= 0.3 is 6.03 Å². The molecule has 0 radical (unpaired) electrons. The summed E-state index contributed by atoms with van der Waals surface area (Å²) in [5.41, 5.74) is -0.0708. The van der Waals surface area contributed by atoms with Crippen LogP contribution in [0.5, 0.6) is 11.5 Å². The zero-order chi connectivity index (χ0) is 23.8. The average molecular weight is 469 g/mol. The van der Waals surface area contributed by atoms with Gasteiger partial charge in [-0.15, -0.1) is 0 Å². The van der Waals surface area contributed by atoms with Crippen molar-refractivity contribution < 1.29 is 23.8 Å². The number of urea groups is 1. The first-order valence-electron chi connectivity index (χ1n) is 12.2. The van der Waals surface area contributed by atoms with E-state index in [9.17, 15) is 14.3 Å². The summed E-state index contributed by atoms with van der Waals surface area (Å²) < 4.78 is 24.9. The lowest BCUT2D eigenvalue weighted by Crippen LogP contribution is -2.66. The van der Waals surface area contributed by atoms with Crippen molar-refractivity contribution in [1.82, 2.24) is 10.6 Å². The summed E-state index contributed by atoms with van der Waals surface area (Å²) in [6.45, 7) is 0.400. The maximum Gasteiger partial charge on any atom is 0.315 e. The molecule has 0 spiro atoms. The minimum atomic E-state index is -0.614. The van der Waals surface area contributed by atoms with Crippen molar-refractivity contribution in [2.75, 3.05) is 13.7 Å². The molecule has 0 aromatic heterocycles. The number of aliphatic hydroxyl groups is 1. The van der Waals surface area contributed by atoms with E-state index in [1.165, 1.54) is 18.6 Å². The van der Waals surface area contributed by atoms with Gasteiger partial charge in [-0.1, -0.05) is 12.1 Å². The molecule has 182 valence electrons. The van der Waals surface area contributed by atoms with E-state index in [1.54, 1.807) is 19.2 Å². The van der Waals surface area contributed by atoms with Gasteiger partial charge in [0.1, 0.15) is 23.4 Å². The number of nitrogens with one attached hydrogen (secondary N) is 2. The summed E-state index contributed by atoms with van der Waals surface area (Å²) in [6.07, 6.45) is 5.65. The Morgan fingerprint density at radius 3 is 2.32 bits per heavy atom. The summed E-state index contributed by atoms with van der Waals surface area (Å²) in [6, 6.07) is 13.3. The maximum atomic E-state index is 13.5. The molecular weight excluding hydrogens is 435 g/mol. The largest absolute Gasteiger partial charge is 0.497 e. The maximum absolute atomic E-state index is 13.5. The van der Waals surface area contributed by atoms with Crippen LogP contribution in [0.15, 0.2) is 48.5 Å². The van der Waals surface area contributed by atoms with Crippen LogP contribution < -0.4 is 20.1 Å². The van der Waals surface area contributed by atoms with Gasteiger partial charge in [-0.2, -0.15) is 0 Å². The molecule has 6 nitrogen and oxygen atoms in total. The van der Waals surface area contributed by atoms with Gasteiger partial charge in [0.25, 0.3) is 0 Å². The van der Waals surface area contributed by atoms with Crippen LogP contribution in [-0.2, 0) is 0 Å². The van der Waals surface area contributed by atoms with Crippen molar-refractivity contribution >= 4 is 6.03 Å². The van der Waals surface area contributed by atoms with Crippen LogP contribution in [0, 0.1) is 17.7 Å². The lowest BCUT2D eigenvalue weighted by atomic mass is 9.51. The first-order valence-corrected chi connectivity index (χ1v) is 12.2. The average Bonchev–Trinajstić information content (AvgIpc) is 2.77. The monoisotopic (exact) mass is 468 g/mol. The second-order valence-electron chi connectivity index (χ2n) is 10.5. The van der Waals surface area contributed by atoms with Crippen molar-refractivity contribution in [2.24, 2.45) is 11.8 Å². The van der Waals surface area contributed by atoms with E-state index >= 15 is 0 Å². The summed E-state index contributed by atoms with van der Waals surface area (Å²) in [5.74, 6) is 2.11. The molecule has 3 atom stereocenters. The van der Waals surface area contributed by atoms with E-state index in [-0.39, 0.29) is 23.5 Å². The van der Waals surface area contributed by atoms with Crippen LogP contribution in [-0.4, -0.2) is 35.9 Å². The molecule has 3 N–H and O–H groups in total. The summed E-state index contributed by atoms with van der Waals surface area (Å²) >= 11 is 0. The molecule has 2 aromatic carbocycles. The van der Waals surface area contributed by atoms with Gasteiger partial charge in [-0.3, -0.25) is 0 Å². The lowest BCUT2D eigenvalue weighted by Gasteiger charge is -2.60. The van der Waals surface area contributed by atoms with Crippen molar-refractivity contribution in [2.45, 2.75) is 62.2 Å². The van der Waals surface area contributed by atoms with Gasteiger partial charge in [-0.25, -0.2) is 9.18 Å². The minimum Gasteiger partial charge on any atom is -0.497 e. The molecule has 2 amide bonds. The first kappa shape index (κ1) is 23.0. The molecule has 2 aromatic rings. The second kappa shape index (κ2) is 9.10. The number of hydrogen-bond donors (Lipinski definition) is 3. The van der Waals surface area contributed by atoms with Crippen LogP contribution in [0.3, 0.4) is 0 Å². The molecule has 4 fully saturated rings. The number of benzene rings is 2. The van der Waals surface area contributed by atoms with E-state index in [2.05, 4.69) is 10.6 Å². The zero-order valence-electron chi connectivity index (χ0n) is 19.6. The predicted molar refractivity (Wildman–Crippen MR) is 126 cm³/mol. The fraction of sp³-hybridized carbons (Fsp3) is 0.519. The fourth-order valence-corrected chi connectivity index (χ4v) is 6.75. The normalized spacial score (nSPS) is 30.0. The summed E-state index contributed by atoms with van der Waals surface area (Å²) in [4.78, 5) is 12.8. The molecule has 0 heterocycles. The second-order valence-corrected chi connectivity index (χ2v) is 10.5. The Morgan fingerprint density at radius 2 is 1.71 bits per heavy atom. The van der Waals surface area contributed by atoms with Crippen LogP contribution in [0.2, 0.25) is 0 Å². The first-order chi connectivity index (χ1) is 16.3. The van der Waals surface area contributed by atoms with Crippen molar-refractivity contribution in [1.29, 1.82) is 0 Å². The highest BCUT2D eigenvalue weighted by Gasteiger charge is 2.57. The highest BCUT2D eigenvalue weighted by molar-refractivity contribution is 5.75. The molecule has 4 bridgehead atoms. The Hall–Kier alpha value is -2.80. The standard InChI is InChI=1S/C27H33FN2O4/c1-33-22-6-8-23(9-7-22)34-24(20-2-4-21(28)5-3-20)10-11-29-25(31)30-26-13-18-12-19(14-26)16-27(32,15-18)17-26/h2-9,18-19,24,32H,10-17H2,1H3,(H2,29,30,31). The van der Waals surface area contributed by atoms with Gasteiger partial charge < -0.3 is 25.2 Å². The molecule has 4 aliphatic rings. The Kier molecular flexibility index (Phi) is 6.15. The zero-order valence-corrected chi connectivity index (χ0v) is 19.6. The Balaban J connectivity index is 1.20. The molecular formula is C27H33FN2O4. The number of carbonyl (C=O) groups excluding carboxylic acids is 1. The molecule has 3 unspecified atom stereocenters. The third-order valence-corrected chi connectivity index (χ3v) is 7.68. The van der Waals surface area contributed by atoms with Crippen LogP contribution >= 0.6 is 0 Å². The lowest BCUT2D eigenvalue weighted by molar-refractivity contribution is -0.139. The smallest absolute Gasteiger partial charge is 0.315 e. The number of rotatable bonds is 8. The van der Waals surface area contributed by atoms with Crippen molar-refractivity contribution in [3.8, 4) is 11.5 Å². The Morgan fingerprint density at radius 1 is 1.06 bits per heavy atom. The fourth-order valence-electron chi connectivity index (χ4n) is 6.75. The topological polar surface area (TPSA) is 79.8 Å². The van der Waals surface area contributed by atoms with E-state index in [1.807, 2.05) is 24.3 Å². The van der Waals surface area contributed by atoms with E-state index in [0.717, 1.165) is 37.0 Å². The number of halogens is 1. The number of methoxy groups -OCH3 is 1. The highest BCUT2D eigenvalue weighted by Crippen LogP contribution is 2.57. The quantitative estimate of drug-likeness (QED) is 0.523. The Bertz CT molecular complexity index is 996. The van der Waals surface area contributed by atoms with Crippen LogP contribution in [0.1, 0.15) is 56.6 Å². The summed E-state index contributed by atoms with van der Waals surface area (Å²) in [5, 5.41) is 17.1. The molecule has 4 saturated carbocycles. The molecule has 34 heavy (non-hydrogen) atoms.